The van der Waals surface area contributed by atoms with Crippen LogP contribution in [0.1, 0.15) is 12.5 Å². The molecule has 0 aromatic carbocycles. The van der Waals surface area contributed by atoms with Gasteiger partial charge in [0.2, 0.25) is 0 Å². The Balaban J connectivity index is 1.93. The molecule has 0 unspecified atom stereocenters. The van der Waals surface area contributed by atoms with E-state index in [0.29, 0.717) is 42.5 Å². The molecule has 1 aliphatic rings. The SMILES string of the molecule is C[C@@H]1COCCN1c1cc(-c2ccnn2C)c(C(=N)C#N)c(Nc2ccn[nH]2)n1. The lowest BCUT2D eigenvalue weighted by atomic mass is 10.0. The first-order valence-electron chi connectivity index (χ1n) is 9.21. The lowest BCUT2D eigenvalue weighted by molar-refractivity contribution is 0.0985. The van der Waals surface area contributed by atoms with Gasteiger partial charge in [0.1, 0.15) is 29.2 Å². The third-order valence-electron chi connectivity index (χ3n) is 4.88. The number of nitriles is 1. The highest BCUT2D eigenvalue weighted by molar-refractivity contribution is 6.16. The van der Waals surface area contributed by atoms with Crippen LogP contribution in [0.25, 0.3) is 11.3 Å². The standard InChI is InChI=1S/C19H21N9O/c1-12-11-29-8-7-28(12)17-9-13(15-3-6-23-27(15)2)18(14(21)10-20)19(25-17)24-16-4-5-22-26-16/h3-6,9,12,21H,7-8,11H2,1-2H3,(H2,22,24,25,26)/t12-/m1/s1. The zero-order valence-corrected chi connectivity index (χ0v) is 16.2. The summed E-state index contributed by atoms with van der Waals surface area (Å²) < 4.78 is 7.28. The molecular formula is C19H21N9O. The minimum atomic E-state index is -0.183. The van der Waals surface area contributed by atoms with Gasteiger partial charge in [-0.05, 0) is 19.1 Å². The summed E-state index contributed by atoms with van der Waals surface area (Å²) in [4.78, 5) is 6.95. The molecule has 29 heavy (non-hydrogen) atoms. The molecule has 0 radical (unpaired) electrons. The van der Waals surface area contributed by atoms with Crippen LogP contribution in [-0.2, 0) is 11.8 Å². The van der Waals surface area contributed by atoms with Crippen LogP contribution in [0.15, 0.2) is 30.6 Å². The molecule has 4 heterocycles. The second-order valence-corrected chi connectivity index (χ2v) is 6.79. The zero-order chi connectivity index (χ0) is 20.4. The van der Waals surface area contributed by atoms with E-state index in [1.807, 2.05) is 25.2 Å². The van der Waals surface area contributed by atoms with Crippen molar-refractivity contribution < 1.29 is 4.74 Å². The molecule has 1 saturated heterocycles. The molecule has 1 atom stereocenters. The molecule has 10 heteroatoms. The van der Waals surface area contributed by atoms with Gasteiger partial charge in [-0.3, -0.25) is 15.2 Å². The van der Waals surface area contributed by atoms with Crippen LogP contribution in [0.4, 0.5) is 17.5 Å². The Bertz CT molecular complexity index is 1060. The number of morpholine rings is 1. The van der Waals surface area contributed by atoms with Crippen LogP contribution in [0.5, 0.6) is 0 Å². The number of hydrogen-bond donors (Lipinski definition) is 3. The van der Waals surface area contributed by atoms with Gasteiger partial charge in [-0.2, -0.15) is 15.5 Å². The summed E-state index contributed by atoms with van der Waals surface area (Å²) in [5.41, 5.74) is 1.73. The second kappa shape index (κ2) is 7.73. The summed E-state index contributed by atoms with van der Waals surface area (Å²) in [5, 5.41) is 32.0. The van der Waals surface area contributed by atoms with Crippen LogP contribution in [0, 0.1) is 16.7 Å². The number of nitrogens with one attached hydrogen (secondary N) is 3. The summed E-state index contributed by atoms with van der Waals surface area (Å²) in [6.45, 7) is 4.02. The van der Waals surface area contributed by atoms with Crippen LogP contribution >= 0.6 is 0 Å². The van der Waals surface area contributed by atoms with Gasteiger partial charge >= 0.3 is 0 Å². The van der Waals surface area contributed by atoms with E-state index < -0.39 is 0 Å². The molecule has 4 rings (SSSR count). The number of aromatic amines is 1. The average molecular weight is 391 g/mol. The Kier molecular flexibility index (Phi) is 4.97. The quantitative estimate of drug-likeness (QED) is 0.567. The molecule has 3 aromatic heterocycles. The van der Waals surface area contributed by atoms with E-state index in [-0.39, 0.29) is 11.8 Å². The molecule has 0 aliphatic carbocycles. The fourth-order valence-electron chi connectivity index (χ4n) is 3.44. The van der Waals surface area contributed by atoms with E-state index in [1.165, 1.54) is 0 Å². The maximum absolute atomic E-state index is 9.49. The Morgan fingerprint density at radius 3 is 2.93 bits per heavy atom. The molecule has 1 aliphatic heterocycles. The van der Waals surface area contributed by atoms with E-state index in [1.54, 1.807) is 23.1 Å². The molecule has 10 nitrogen and oxygen atoms in total. The fraction of sp³-hybridized carbons (Fsp3) is 0.316. The van der Waals surface area contributed by atoms with Crippen molar-refractivity contribution in [1.82, 2.24) is 25.0 Å². The van der Waals surface area contributed by atoms with Gasteiger partial charge < -0.3 is 15.0 Å². The Hall–Kier alpha value is -3.71. The molecule has 148 valence electrons. The third kappa shape index (κ3) is 3.55. The van der Waals surface area contributed by atoms with E-state index in [4.69, 9.17) is 15.1 Å². The Labute approximate surface area is 167 Å². The summed E-state index contributed by atoms with van der Waals surface area (Å²) in [5.74, 6) is 1.77. The van der Waals surface area contributed by atoms with Crippen molar-refractivity contribution >= 4 is 23.2 Å². The van der Waals surface area contributed by atoms with Gasteiger partial charge in [0.05, 0.1) is 36.7 Å². The van der Waals surface area contributed by atoms with Gasteiger partial charge in [0, 0.05) is 31.4 Å². The monoisotopic (exact) mass is 391 g/mol. The topological polar surface area (TPSA) is 132 Å². The molecule has 3 N–H and O–H groups in total. The molecule has 0 bridgehead atoms. The predicted octanol–water partition coefficient (Wildman–Crippen LogP) is 2.07. The minimum Gasteiger partial charge on any atom is -0.377 e. The normalized spacial score (nSPS) is 16.4. The number of anilines is 3. The summed E-state index contributed by atoms with van der Waals surface area (Å²) >= 11 is 0. The first-order chi connectivity index (χ1) is 14.1. The van der Waals surface area contributed by atoms with Gasteiger partial charge in [-0.15, -0.1) is 0 Å². The highest BCUT2D eigenvalue weighted by Crippen LogP contribution is 2.34. The van der Waals surface area contributed by atoms with Crippen LogP contribution in [0.2, 0.25) is 0 Å². The fourth-order valence-corrected chi connectivity index (χ4v) is 3.44. The molecule has 1 fully saturated rings. The van der Waals surface area contributed by atoms with Gasteiger partial charge in [0.25, 0.3) is 0 Å². The molecule has 0 spiro atoms. The largest absolute Gasteiger partial charge is 0.377 e. The van der Waals surface area contributed by atoms with Crippen molar-refractivity contribution in [3.63, 3.8) is 0 Å². The van der Waals surface area contributed by atoms with Crippen LogP contribution in [-0.4, -0.2) is 56.5 Å². The number of rotatable bonds is 5. The summed E-state index contributed by atoms with van der Waals surface area (Å²) in [7, 11) is 1.83. The first-order valence-corrected chi connectivity index (χ1v) is 9.21. The molecule has 0 saturated carbocycles. The van der Waals surface area contributed by atoms with Crippen molar-refractivity contribution in [2.75, 3.05) is 30.0 Å². The van der Waals surface area contributed by atoms with Gasteiger partial charge in [-0.25, -0.2) is 4.98 Å². The Morgan fingerprint density at radius 1 is 1.41 bits per heavy atom. The number of aromatic nitrogens is 5. The maximum atomic E-state index is 9.49. The highest BCUT2D eigenvalue weighted by atomic mass is 16.5. The number of nitrogens with zero attached hydrogens (tertiary/aromatic N) is 6. The van der Waals surface area contributed by atoms with E-state index in [2.05, 4.69) is 32.4 Å². The van der Waals surface area contributed by atoms with Crippen molar-refractivity contribution in [2.24, 2.45) is 7.05 Å². The number of aryl methyl sites for hydroxylation is 1. The van der Waals surface area contributed by atoms with E-state index in [9.17, 15) is 5.26 Å². The van der Waals surface area contributed by atoms with Crippen molar-refractivity contribution in [1.29, 1.82) is 10.7 Å². The van der Waals surface area contributed by atoms with Crippen molar-refractivity contribution in [2.45, 2.75) is 13.0 Å². The lowest BCUT2D eigenvalue weighted by Crippen LogP contribution is -2.44. The Morgan fingerprint density at radius 2 is 2.28 bits per heavy atom. The van der Waals surface area contributed by atoms with E-state index >= 15 is 0 Å². The first kappa shape index (κ1) is 18.6. The van der Waals surface area contributed by atoms with Gasteiger partial charge in [0.15, 0.2) is 0 Å². The van der Waals surface area contributed by atoms with Crippen molar-refractivity contribution in [3.05, 3.63) is 36.2 Å². The number of hydrogen-bond acceptors (Lipinski definition) is 8. The lowest BCUT2D eigenvalue weighted by Gasteiger charge is -2.35. The average Bonchev–Trinajstić information content (AvgIpc) is 3.39. The number of ether oxygens (including phenoxy) is 1. The molecular weight excluding hydrogens is 370 g/mol. The second-order valence-electron chi connectivity index (χ2n) is 6.79. The van der Waals surface area contributed by atoms with Crippen molar-refractivity contribution in [3.8, 4) is 17.3 Å². The van der Waals surface area contributed by atoms with Crippen LogP contribution < -0.4 is 10.2 Å². The van der Waals surface area contributed by atoms with Gasteiger partial charge in [-0.1, -0.05) is 0 Å². The minimum absolute atomic E-state index is 0.150. The maximum Gasteiger partial charge on any atom is 0.144 e. The molecule has 0 amide bonds. The van der Waals surface area contributed by atoms with Crippen LogP contribution in [0.3, 0.4) is 0 Å². The summed E-state index contributed by atoms with van der Waals surface area (Å²) in [6.07, 6.45) is 3.31. The predicted molar refractivity (Wildman–Crippen MR) is 108 cm³/mol. The zero-order valence-electron chi connectivity index (χ0n) is 16.2. The smallest absolute Gasteiger partial charge is 0.144 e. The van der Waals surface area contributed by atoms with E-state index in [0.717, 1.165) is 11.5 Å². The number of H-pyrrole nitrogens is 1. The highest BCUT2D eigenvalue weighted by Gasteiger charge is 2.26. The summed E-state index contributed by atoms with van der Waals surface area (Å²) in [6, 6.07) is 7.63. The molecule has 3 aromatic rings. The third-order valence-corrected chi connectivity index (χ3v) is 4.88. The number of pyridine rings is 1.